The maximum atomic E-state index is 12.6. The summed E-state index contributed by atoms with van der Waals surface area (Å²) < 4.78 is 28.1. The van der Waals surface area contributed by atoms with Crippen LogP contribution in [0.5, 0.6) is 0 Å². The SMILES string of the molecule is Cn1cc(S(=O)(=O)N2CCCC2)cc1C(=O)Nc1ccc(Cl)cn1. The minimum atomic E-state index is -3.55. The highest BCUT2D eigenvalue weighted by Gasteiger charge is 2.29. The molecule has 1 fully saturated rings. The zero-order valence-electron chi connectivity index (χ0n) is 13.1. The number of nitrogens with zero attached hydrogens (tertiary/aromatic N) is 3. The molecule has 24 heavy (non-hydrogen) atoms. The molecule has 3 rings (SSSR count). The van der Waals surface area contributed by atoms with Crippen molar-refractivity contribution in [1.29, 1.82) is 0 Å². The highest BCUT2D eigenvalue weighted by Crippen LogP contribution is 2.23. The molecule has 0 aliphatic carbocycles. The predicted molar refractivity (Wildman–Crippen MR) is 90.6 cm³/mol. The maximum Gasteiger partial charge on any atom is 0.273 e. The molecule has 0 atom stereocenters. The van der Waals surface area contributed by atoms with E-state index >= 15 is 0 Å². The molecule has 0 spiro atoms. The highest BCUT2D eigenvalue weighted by molar-refractivity contribution is 7.89. The number of rotatable bonds is 4. The summed E-state index contributed by atoms with van der Waals surface area (Å²) >= 11 is 5.76. The molecular formula is C15H17ClN4O3S. The van der Waals surface area contributed by atoms with Crippen molar-refractivity contribution in [2.75, 3.05) is 18.4 Å². The van der Waals surface area contributed by atoms with Gasteiger partial charge in [-0.2, -0.15) is 4.31 Å². The second-order valence-electron chi connectivity index (χ2n) is 5.60. The summed E-state index contributed by atoms with van der Waals surface area (Å²) in [4.78, 5) is 16.5. The average Bonchev–Trinajstić information content (AvgIpc) is 3.19. The van der Waals surface area contributed by atoms with Crippen LogP contribution in [0.1, 0.15) is 23.3 Å². The lowest BCUT2D eigenvalue weighted by Gasteiger charge is -2.13. The van der Waals surface area contributed by atoms with Crippen molar-refractivity contribution < 1.29 is 13.2 Å². The number of sulfonamides is 1. The van der Waals surface area contributed by atoms with E-state index in [1.54, 1.807) is 19.2 Å². The smallest absolute Gasteiger partial charge is 0.273 e. The number of halogens is 1. The van der Waals surface area contributed by atoms with Crippen LogP contribution in [-0.2, 0) is 17.1 Å². The molecule has 0 unspecified atom stereocenters. The first-order valence-corrected chi connectivity index (χ1v) is 9.29. The molecule has 0 radical (unpaired) electrons. The predicted octanol–water partition coefficient (Wildman–Crippen LogP) is 2.11. The van der Waals surface area contributed by atoms with Crippen LogP contribution in [0.15, 0.2) is 35.5 Å². The number of hydrogen-bond donors (Lipinski definition) is 1. The van der Waals surface area contributed by atoms with E-state index in [1.165, 1.54) is 27.3 Å². The Kier molecular flexibility index (Phi) is 4.62. The van der Waals surface area contributed by atoms with Crippen molar-refractivity contribution in [3.05, 3.63) is 41.3 Å². The van der Waals surface area contributed by atoms with E-state index in [2.05, 4.69) is 10.3 Å². The third kappa shape index (κ3) is 3.31. The quantitative estimate of drug-likeness (QED) is 0.895. The van der Waals surface area contributed by atoms with E-state index < -0.39 is 15.9 Å². The van der Waals surface area contributed by atoms with E-state index in [0.29, 0.717) is 23.9 Å². The largest absolute Gasteiger partial charge is 0.345 e. The Morgan fingerprint density at radius 3 is 2.62 bits per heavy atom. The van der Waals surface area contributed by atoms with Gasteiger partial charge in [-0.05, 0) is 31.0 Å². The van der Waals surface area contributed by atoms with Crippen LogP contribution in [0.4, 0.5) is 5.82 Å². The number of nitrogens with one attached hydrogen (secondary N) is 1. The fraction of sp³-hybridized carbons (Fsp3) is 0.333. The van der Waals surface area contributed by atoms with Crippen LogP contribution in [0, 0.1) is 0 Å². The van der Waals surface area contributed by atoms with E-state index in [1.807, 2.05) is 0 Å². The van der Waals surface area contributed by atoms with Gasteiger partial charge >= 0.3 is 0 Å². The molecule has 7 nitrogen and oxygen atoms in total. The topological polar surface area (TPSA) is 84.3 Å². The molecule has 1 aliphatic heterocycles. The normalized spacial score (nSPS) is 15.6. The van der Waals surface area contributed by atoms with Crippen molar-refractivity contribution in [2.45, 2.75) is 17.7 Å². The second kappa shape index (κ2) is 6.54. The Hall–Kier alpha value is -1.90. The Bertz CT molecular complexity index is 855. The lowest BCUT2D eigenvalue weighted by atomic mass is 10.4. The minimum absolute atomic E-state index is 0.126. The van der Waals surface area contributed by atoms with E-state index in [9.17, 15) is 13.2 Å². The average molecular weight is 369 g/mol. The number of amides is 1. The third-order valence-corrected chi connectivity index (χ3v) is 5.97. The summed E-state index contributed by atoms with van der Waals surface area (Å²) in [5.41, 5.74) is 0.240. The number of carbonyl (C=O) groups is 1. The van der Waals surface area contributed by atoms with Crippen LogP contribution in [0.25, 0.3) is 0 Å². The second-order valence-corrected chi connectivity index (χ2v) is 7.97. The summed E-state index contributed by atoms with van der Waals surface area (Å²) in [5, 5.41) is 3.09. The van der Waals surface area contributed by atoms with Gasteiger partial charge in [-0.25, -0.2) is 13.4 Å². The molecule has 9 heteroatoms. The van der Waals surface area contributed by atoms with Crippen LogP contribution in [-0.4, -0.2) is 41.3 Å². The van der Waals surface area contributed by atoms with Crippen molar-refractivity contribution in [3.8, 4) is 0 Å². The fourth-order valence-electron chi connectivity index (χ4n) is 2.61. The molecular weight excluding hydrogens is 352 g/mol. The van der Waals surface area contributed by atoms with Crippen molar-refractivity contribution >= 4 is 33.3 Å². The summed E-state index contributed by atoms with van der Waals surface area (Å²) in [6.07, 6.45) is 4.60. The van der Waals surface area contributed by atoms with Gasteiger partial charge in [0, 0.05) is 32.5 Å². The first-order valence-electron chi connectivity index (χ1n) is 7.47. The Balaban J connectivity index is 1.83. The van der Waals surface area contributed by atoms with Crippen molar-refractivity contribution in [3.63, 3.8) is 0 Å². The Morgan fingerprint density at radius 1 is 1.29 bits per heavy atom. The van der Waals surface area contributed by atoms with Gasteiger partial charge < -0.3 is 9.88 Å². The van der Waals surface area contributed by atoms with Crippen LogP contribution >= 0.6 is 11.6 Å². The number of pyridine rings is 1. The molecule has 2 aromatic rings. The van der Waals surface area contributed by atoms with Gasteiger partial charge in [0.1, 0.15) is 16.4 Å². The van der Waals surface area contributed by atoms with E-state index in [0.717, 1.165) is 12.8 Å². The van der Waals surface area contributed by atoms with Crippen LogP contribution < -0.4 is 5.32 Å². The molecule has 128 valence electrons. The van der Waals surface area contributed by atoms with Gasteiger partial charge in [-0.15, -0.1) is 0 Å². The first kappa shape index (κ1) is 16.9. The fourth-order valence-corrected chi connectivity index (χ4v) is 4.31. The van der Waals surface area contributed by atoms with Crippen molar-refractivity contribution in [1.82, 2.24) is 13.9 Å². The standard InChI is InChI=1S/C15H17ClN4O3S/c1-19-10-12(24(22,23)20-6-2-3-7-20)8-13(19)15(21)18-14-5-4-11(16)9-17-14/h4-5,8-10H,2-3,6-7H2,1H3,(H,17,18,21). The first-order chi connectivity index (χ1) is 11.4. The molecule has 1 saturated heterocycles. The monoisotopic (exact) mass is 368 g/mol. The van der Waals surface area contributed by atoms with Gasteiger partial charge in [0.05, 0.1) is 5.02 Å². The lowest BCUT2D eigenvalue weighted by molar-refractivity contribution is 0.101. The van der Waals surface area contributed by atoms with Gasteiger partial charge in [0.2, 0.25) is 10.0 Å². The summed E-state index contributed by atoms with van der Waals surface area (Å²) in [5.74, 6) is -0.0928. The number of carbonyl (C=O) groups excluding carboxylic acids is 1. The molecule has 1 aliphatic rings. The number of hydrogen-bond acceptors (Lipinski definition) is 4. The minimum Gasteiger partial charge on any atom is -0.345 e. The van der Waals surface area contributed by atoms with Crippen molar-refractivity contribution in [2.24, 2.45) is 7.05 Å². The molecule has 0 aromatic carbocycles. The molecule has 1 N–H and O–H groups in total. The van der Waals surface area contributed by atoms with Gasteiger partial charge in [0.15, 0.2) is 0 Å². The Morgan fingerprint density at radius 2 is 2.00 bits per heavy atom. The summed E-state index contributed by atoms with van der Waals surface area (Å²) in [6, 6.07) is 4.57. The summed E-state index contributed by atoms with van der Waals surface area (Å²) in [7, 11) is -1.92. The Labute approximate surface area is 145 Å². The molecule has 1 amide bonds. The molecule has 2 aromatic heterocycles. The molecule has 0 bridgehead atoms. The van der Waals surface area contributed by atoms with Crippen LogP contribution in [0.3, 0.4) is 0 Å². The zero-order valence-corrected chi connectivity index (χ0v) is 14.6. The number of aryl methyl sites for hydroxylation is 1. The summed E-state index contributed by atoms with van der Waals surface area (Å²) in [6.45, 7) is 1.04. The number of anilines is 1. The zero-order chi connectivity index (χ0) is 17.3. The third-order valence-electron chi connectivity index (χ3n) is 3.88. The van der Waals surface area contributed by atoms with Gasteiger partial charge in [0.25, 0.3) is 5.91 Å². The molecule has 0 saturated carbocycles. The molecule has 3 heterocycles. The van der Waals surface area contributed by atoms with E-state index in [4.69, 9.17) is 11.6 Å². The number of aromatic nitrogens is 2. The van der Waals surface area contributed by atoms with Gasteiger partial charge in [-0.1, -0.05) is 11.6 Å². The van der Waals surface area contributed by atoms with E-state index in [-0.39, 0.29) is 10.6 Å². The highest BCUT2D eigenvalue weighted by atomic mass is 35.5. The van der Waals surface area contributed by atoms with Gasteiger partial charge in [-0.3, -0.25) is 4.79 Å². The van der Waals surface area contributed by atoms with Crippen LogP contribution in [0.2, 0.25) is 5.02 Å². The maximum absolute atomic E-state index is 12.6. The lowest BCUT2D eigenvalue weighted by Crippen LogP contribution is -2.27.